The van der Waals surface area contributed by atoms with Gasteiger partial charge >= 0.3 is 0 Å². The van der Waals surface area contributed by atoms with E-state index in [0.29, 0.717) is 35.2 Å². The lowest BCUT2D eigenvalue weighted by atomic mass is 10.2. The molecule has 1 aromatic heterocycles. The third-order valence-electron chi connectivity index (χ3n) is 5.91. The van der Waals surface area contributed by atoms with Crippen LogP contribution >= 0.6 is 0 Å². The van der Waals surface area contributed by atoms with E-state index >= 15 is 0 Å². The van der Waals surface area contributed by atoms with Crippen LogP contribution < -0.4 is 15.4 Å². The van der Waals surface area contributed by atoms with E-state index in [4.69, 9.17) is 4.74 Å². The standard InChI is InChI=1S/C25H30FN7O2/c1-32-11-3-12-33(15-14-32)13-10-27-24(34)18-4-7-20(8-5-18)30-25-29-17-28-23(31-25)21-9-6-19(26)16-22(21)35-2/h4-9,16-17H,3,10-15H2,1-2H3,(H,27,34)(H,28,29,30,31). The lowest BCUT2D eigenvalue weighted by Crippen LogP contribution is -2.36. The van der Waals surface area contributed by atoms with Gasteiger partial charge in [0, 0.05) is 43.5 Å². The zero-order valence-electron chi connectivity index (χ0n) is 20.0. The van der Waals surface area contributed by atoms with Gasteiger partial charge in [-0.25, -0.2) is 14.4 Å². The number of hydrogen-bond donors (Lipinski definition) is 2. The number of nitrogens with zero attached hydrogens (tertiary/aromatic N) is 5. The monoisotopic (exact) mass is 479 g/mol. The number of hydrogen-bond acceptors (Lipinski definition) is 8. The summed E-state index contributed by atoms with van der Waals surface area (Å²) in [7, 11) is 3.61. The molecule has 184 valence electrons. The molecule has 2 heterocycles. The molecule has 1 aliphatic rings. The molecular weight excluding hydrogens is 449 g/mol. The highest BCUT2D eigenvalue weighted by Crippen LogP contribution is 2.28. The first kappa shape index (κ1) is 24.5. The molecule has 2 aromatic carbocycles. The first-order valence-corrected chi connectivity index (χ1v) is 11.6. The minimum atomic E-state index is -0.406. The van der Waals surface area contributed by atoms with E-state index in [9.17, 15) is 9.18 Å². The molecule has 4 rings (SSSR count). The van der Waals surface area contributed by atoms with Crippen molar-refractivity contribution in [3.63, 3.8) is 0 Å². The first-order chi connectivity index (χ1) is 17.0. The lowest BCUT2D eigenvalue weighted by molar-refractivity contribution is 0.0948. The predicted octanol–water partition coefficient (Wildman–Crippen LogP) is 2.80. The van der Waals surface area contributed by atoms with Gasteiger partial charge in [-0.3, -0.25) is 4.79 Å². The van der Waals surface area contributed by atoms with Gasteiger partial charge in [0.1, 0.15) is 17.9 Å². The van der Waals surface area contributed by atoms with Crippen LogP contribution in [0.1, 0.15) is 16.8 Å². The first-order valence-electron chi connectivity index (χ1n) is 11.6. The lowest BCUT2D eigenvalue weighted by Gasteiger charge is -2.20. The average molecular weight is 480 g/mol. The number of anilines is 2. The quantitative estimate of drug-likeness (QED) is 0.509. The third-order valence-corrected chi connectivity index (χ3v) is 5.91. The van der Waals surface area contributed by atoms with Gasteiger partial charge in [-0.05, 0) is 63.0 Å². The number of aromatic nitrogens is 3. The van der Waals surface area contributed by atoms with Crippen molar-refractivity contribution in [1.82, 2.24) is 30.1 Å². The molecule has 0 spiro atoms. The molecule has 0 aliphatic carbocycles. The fourth-order valence-corrected chi connectivity index (χ4v) is 3.92. The van der Waals surface area contributed by atoms with Crippen molar-refractivity contribution in [2.75, 3.05) is 58.7 Å². The molecule has 0 unspecified atom stereocenters. The summed E-state index contributed by atoms with van der Waals surface area (Å²) in [6, 6.07) is 11.3. The number of ether oxygens (including phenoxy) is 1. The van der Waals surface area contributed by atoms with Gasteiger partial charge in [-0.2, -0.15) is 4.98 Å². The van der Waals surface area contributed by atoms with Crippen LogP contribution in [0.3, 0.4) is 0 Å². The maximum absolute atomic E-state index is 13.5. The summed E-state index contributed by atoms with van der Waals surface area (Å²) in [6.07, 6.45) is 2.52. The minimum absolute atomic E-state index is 0.102. The highest BCUT2D eigenvalue weighted by molar-refractivity contribution is 5.94. The molecule has 9 nitrogen and oxygen atoms in total. The van der Waals surface area contributed by atoms with Gasteiger partial charge in [0.15, 0.2) is 5.82 Å². The normalized spacial score (nSPS) is 14.8. The van der Waals surface area contributed by atoms with Crippen LogP contribution in [-0.4, -0.2) is 84.1 Å². The molecule has 0 atom stereocenters. The maximum atomic E-state index is 13.5. The van der Waals surface area contributed by atoms with Crippen LogP contribution in [0.2, 0.25) is 0 Å². The van der Waals surface area contributed by atoms with Crippen LogP contribution in [0.4, 0.5) is 16.0 Å². The number of carbonyl (C=O) groups is 1. The number of likely N-dealkylation sites (N-methyl/N-ethyl adjacent to an activating group) is 1. The molecule has 0 bridgehead atoms. The fourth-order valence-electron chi connectivity index (χ4n) is 3.92. The Morgan fingerprint density at radius 1 is 1.09 bits per heavy atom. The van der Waals surface area contributed by atoms with Gasteiger partial charge in [-0.1, -0.05) is 0 Å². The molecule has 10 heteroatoms. The number of amides is 1. The van der Waals surface area contributed by atoms with Gasteiger partial charge in [0.05, 0.1) is 12.7 Å². The van der Waals surface area contributed by atoms with Crippen LogP contribution in [0.25, 0.3) is 11.4 Å². The van der Waals surface area contributed by atoms with E-state index < -0.39 is 5.82 Å². The highest BCUT2D eigenvalue weighted by Gasteiger charge is 2.13. The molecule has 1 amide bonds. The molecule has 1 saturated heterocycles. The largest absolute Gasteiger partial charge is 0.496 e. The summed E-state index contributed by atoms with van der Waals surface area (Å²) in [4.78, 5) is 30.0. The molecule has 3 aromatic rings. The van der Waals surface area contributed by atoms with E-state index in [1.807, 2.05) is 0 Å². The minimum Gasteiger partial charge on any atom is -0.496 e. The van der Waals surface area contributed by atoms with Crippen molar-refractivity contribution in [2.24, 2.45) is 0 Å². The summed E-state index contributed by atoms with van der Waals surface area (Å²) in [5, 5.41) is 6.11. The summed E-state index contributed by atoms with van der Waals surface area (Å²) in [5.41, 5.74) is 1.86. The zero-order valence-corrected chi connectivity index (χ0v) is 20.0. The van der Waals surface area contributed by atoms with E-state index in [-0.39, 0.29) is 5.91 Å². The summed E-state index contributed by atoms with van der Waals surface area (Å²) >= 11 is 0. The van der Waals surface area contributed by atoms with Crippen molar-refractivity contribution in [2.45, 2.75) is 6.42 Å². The van der Waals surface area contributed by atoms with Crippen molar-refractivity contribution in [3.8, 4) is 17.1 Å². The Morgan fingerprint density at radius 2 is 1.91 bits per heavy atom. The number of rotatable bonds is 8. The highest BCUT2D eigenvalue weighted by atomic mass is 19.1. The van der Waals surface area contributed by atoms with Crippen LogP contribution in [-0.2, 0) is 0 Å². The number of carbonyl (C=O) groups excluding carboxylic acids is 1. The smallest absolute Gasteiger partial charge is 0.251 e. The summed E-state index contributed by atoms with van der Waals surface area (Å²) in [6.45, 7) is 5.73. The van der Waals surface area contributed by atoms with E-state index in [1.54, 1.807) is 30.3 Å². The molecule has 35 heavy (non-hydrogen) atoms. The average Bonchev–Trinajstić information content (AvgIpc) is 3.08. The second kappa shape index (κ2) is 11.7. The second-order valence-corrected chi connectivity index (χ2v) is 8.43. The van der Waals surface area contributed by atoms with E-state index in [1.165, 1.54) is 25.6 Å². The summed E-state index contributed by atoms with van der Waals surface area (Å²) < 4.78 is 18.8. The predicted molar refractivity (Wildman–Crippen MR) is 132 cm³/mol. The molecule has 2 N–H and O–H groups in total. The van der Waals surface area contributed by atoms with Gasteiger partial charge in [-0.15, -0.1) is 0 Å². The topological polar surface area (TPSA) is 95.5 Å². The summed E-state index contributed by atoms with van der Waals surface area (Å²) in [5.74, 6) is 0.500. The molecular formula is C25H30FN7O2. The second-order valence-electron chi connectivity index (χ2n) is 8.43. The van der Waals surface area contributed by atoms with Crippen molar-refractivity contribution < 1.29 is 13.9 Å². The van der Waals surface area contributed by atoms with Crippen LogP contribution in [0.15, 0.2) is 48.8 Å². The molecule has 1 aliphatic heterocycles. The Morgan fingerprint density at radius 3 is 2.71 bits per heavy atom. The number of methoxy groups -OCH3 is 1. The number of halogens is 1. The van der Waals surface area contributed by atoms with Crippen LogP contribution in [0.5, 0.6) is 5.75 Å². The van der Waals surface area contributed by atoms with Gasteiger partial charge < -0.3 is 25.2 Å². The van der Waals surface area contributed by atoms with Gasteiger partial charge in [0.25, 0.3) is 5.91 Å². The van der Waals surface area contributed by atoms with E-state index in [2.05, 4.69) is 42.4 Å². The Bertz CT molecular complexity index is 1140. The maximum Gasteiger partial charge on any atom is 0.251 e. The number of nitrogens with one attached hydrogen (secondary N) is 2. The SMILES string of the molecule is COc1cc(F)ccc1-c1ncnc(Nc2ccc(C(=O)NCCN3CCCN(C)CC3)cc2)n1. The van der Waals surface area contributed by atoms with Crippen molar-refractivity contribution >= 4 is 17.5 Å². The Hall–Kier alpha value is -3.63. The zero-order chi connectivity index (χ0) is 24.6. The third kappa shape index (κ3) is 6.71. The molecule has 0 radical (unpaired) electrons. The van der Waals surface area contributed by atoms with Crippen molar-refractivity contribution in [1.29, 1.82) is 0 Å². The van der Waals surface area contributed by atoms with E-state index in [0.717, 1.165) is 44.8 Å². The Balaban J connectivity index is 1.33. The Labute approximate surface area is 204 Å². The van der Waals surface area contributed by atoms with Gasteiger partial charge in [0.2, 0.25) is 5.95 Å². The Kier molecular flexibility index (Phi) is 8.17. The molecule has 1 fully saturated rings. The van der Waals surface area contributed by atoms with Crippen molar-refractivity contribution in [3.05, 3.63) is 60.2 Å². The molecule has 0 saturated carbocycles. The number of benzene rings is 2. The van der Waals surface area contributed by atoms with Crippen LogP contribution in [0, 0.1) is 5.82 Å². The fraction of sp³-hybridized carbons (Fsp3) is 0.360.